The highest BCUT2D eigenvalue weighted by atomic mass is 16.5. The summed E-state index contributed by atoms with van der Waals surface area (Å²) in [6, 6.07) is 22.7. The van der Waals surface area contributed by atoms with Crippen molar-refractivity contribution >= 4 is 22.8 Å². The van der Waals surface area contributed by atoms with E-state index in [1.807, 2.05) is 42.5 Å². The maximum Gasteiger partial charge on any atom is 0.335 e. The van der Waals surface area contributed by atoms with E-state index in [2.05, 4.69) is 10.3 Å². The van der Waals surface area contributed by atoms with Crippen LogP contribution in [0, 0.1) is 0 Å². The number of hydrogen-bond acceptors (Lipinski definition) is 4. The van der Waals surface area contributed by atoms with Crippen molar-refractivity contribution in [2.45, 2.75) is 6.54 Å². The summed E-state index contributed by atoms with van der Waals surface area (Å²) in [7, 11) is 0. The third-order valence-corrected chi connectivity index (χ3v) is 4.55. The SMILES string of the molecule is O=C(O)c1ccc(Oc2cccc(CNC(=O)c3ccc4ncccc4c3)c2)cc1. The number of carboxylic acid groups (broad SMARTS) is 1. The average Bonchev–Trinajstić information content (AvgIpc) is 2.78. The molecule has 3 aromatic carbocycles. The largest absolute Gasteiger partial charge is 0.478 e. The molecule has 1 amide bonds. The van der Waals surface area contributed by atoms with Gasteiger partial charge in [0.2, 0.25) is 0 Å². The second kappa shape index (κ2) is 8.45. The number of nitrogens with zero attached hydrogens (tertiary/aromatic N) is 1. The van der Waals surface area contributed by atoms with Crippen molar-refractivity contribution < 1.29 is 19.4 Å². The molecule has 0 bridgehead atoms. The van der Waals surface area contributed by atoms with E-state index >= 15 is 0 Å². The number of hydrogen-bond donors (Lipinski definition) is 2. The Labute approximate surface area is 172 Å². The predicted molar refractivity (Wildman–Crippen MR) is 113 cm³/mol. The highest BCUT2D eigenvalue weighted by Crippen LogP contribution is 2.23. The second-order valence-electron chi connectivity index (χ2n) is 6.67. The summed E-state index contributed by atoms with van der Waals surface area (Å²) in [4.78, 5) is 27.7. The van der Waals surface area contributed by atoms with E-state index in [0.29, 0.717) is 23.6 Å². The lowest BCUT2D eigenvalue weighted by atomic mass is 10.1. The van der Waals surface area contributed by atoms with E-state index in [0.717, 1.165) is 16.5 Å². The van der Waals surface area contributed by atoms with Crippen molar-refractivity contribution in [2.24, 2.45) is 0 Å². The number of benzene rings is 3. The number of nitrogens with one attached hydrogen (secondary N) is 1. The van der Waals surface area contributed by atoms with Crippen LogP contribution in [0.4, 0.5) is 0 Å². The summed E-state index contributed by atoms with van der Waals surface area (Å²) in [5, 5.41) is 12.8. The summed E-state index contributed by atoms with van der Waals surface area (Å²) in [6.45, 7) is 0.346. The molecule has 0 aliphatic carbocycles. The standard InChI is InChI=1S/C24H18N2O4/c27-23(19-8-11-22-18(14-19)4-2-12-25-22)26-15-16-3-1-5-21(13-16)30-20-9-6-17(7-10-20)24(28)29/h1-14H,15H2,(H,26,27)(H,28,29). The van der Waals surface area contributed by atoms with Gasteiger partial charge < -0.3 is 15.2 Å². The molecule has 0 spiro atoms. The van der Waals surface area contributed by atoms with Crippen molar-refractivity contribution in [2.75, 3.05) is 0 Å². The lowest BCUT2D eigenvalue weighted by Crippen LogP contribution is -2.22. The molecule has 1 heterocycles. The molecule has 4 rings (SSSR count). The van der Waals surface area contributed by atoms with Gasteiger partial charge in [0.25, 0.3) is 5.91 Å². The molecular weight excluding hydrogens is 380 g/mol. The molecule has 148 valence electrons. The molecule has 0 saturated heterocycles. The number of pyridine rings is 1. The monoisotopic (exact) mass is 398 g/mol. The van der Waals surface area contributed by atoms with Crippen LogP contribution in [0.15, 0.2) is 85.1 Å². The quantitative estimate of drug-likeness (QED) is 0.493. The van der Waals surface area contributed by atoms with E-state index < -0.39 is 5.97 Å². The molecule has 0 atom stereocenters. The lowest BCUT2D eigenvalue weighted by molar-refractivity contribution is 0.0696. The van der Waals surface area contributed by atoms with Gasteiger partial charge >= 0.3 is 5.97 Å². The fourth-order valence-corrected chi connectivity index (χ4v) is 3.02. The molecule has 2 N–H and O–H groups in total. The van der Waals surface area contributed by atoms with Gasteiger partial charge in [-0.25, -0.2) is 4.79 Å². The molecule has 0 fully saturated rings. The number of carbonyl (C=O) groups is 2. The second-order valence-corrected chi connectivity index (χ2v) is 6.67. The zero-order valence-corrected chi connectivity index (χ0v) is 15.9. The van der Waals surface area contributed by atoms with Crippen LogP contribution in [0.1, 0.15) is 26.3 Å². The lowest BCUT2D eigenvalue weighted by Gasteiger charge is -2.09. The summed E-state index contributed by atoms with van der Waals surface area (Å²) in [6.07, 6.45) is 1.72. The van der Waals surface area contributed by atoms with Crippen LogP contribution in [-0.2, 0) is 6.54 Å². The fraction of sp³-hybridized carbons (Fsp3) is 0.0417. The molecule has 0 aliphatic rings. The van der Waals surface area contributed by atoms with Crippen molar-refractivity contribution in [1.29, 1.82) is 0 Å². The van der Waals surface area contributed by atoms with Gasteiger partial charge in [-0.15, -0.1) is 0 Å². The van der Waals surface area contributed by atoms with Gasteiger partial charge in [0.1, 0.15) is 11.5 Å². The first-order chi connectivity index (χ1) is 14.6. The third-order valence-electron chi connectivity index (χ3n) is 4.55. The molecule has 0 unspecified atom stereocenters. The zero-order valence-electron chi connectivity index (χ0n) is 15.9. The molecule has 4 aromatic rings. The maximum absolute atomic E-state index is 12.5. The van der Waals surface area contributed by atoms with Gasteiger partial charge in [-0.3, -0.25) is 9.78 Å². The molecule has 6 nitrogen and oxygen atoms in total. The Bertz CT molecular complexity index is 1220. The first-order valence-electron chi connectivity index (χ1n) is 9.32. The smallest absolute Gasteiger partial charge is 0.335 e. The van der Waals surface area contributed by atoms with Crippen molar-refractivity contribution in [3.05, 3.63) is 102 Å². The number of rotatable bonds is 6. The van der Waals surface area contributed by atoms with Gasteiger partial charge in [0.15, 0.2) is 0 Å². The summed E-state index contributed by atoms with van der Waals surface area (Å²) in [5.74, 6) is -0.0224. The highest BCUT2D eigenvalue weighted by Gasteiger charge is 2.08. The van der Waals surface area contributed by atoms with Crippen molar-refractivity contribution in [3.8, 4) is 11.5 Å². The molecule has 0 aliphatic heterocycles. The van der Waals surface area contributed by atoms with E-state index in [-0.39, 0.29) is 11.5 Å². The topological polar surface area (TPSA) is 88.5 Å². The van der Waals surface area contributed by atoms with Crippen LogP contribution in [-0.4, -0.2) is 22.0 Å². The Morgan fingerprint density at radius 2 is 1.67 bits per heavy atom. The number of aromatic nitrogens is 1. The Hall–Kier alpha value is -4.19. The third kappa shape index (κ3) is 4.44. The molecule has 1 aromatic heterocycles. The normalized spacial score (nSPS) is 10.5. The minimum absolute atomic E-state index is 0.170. The van der Waals surface area contributed by atoms with Gasteiger partial charge in [0, 0.05) is 23.7 Å². The van der Waals surface area contributed by atoms with Crippen LogP contribution in [0.3, 0.4) is 0 Å². The Balaban J connectivity index is 1.41. The molecule has 30 heavy (non-hydrogen) atoms. The number of aromatic carboxylic acids is 1. The molecular formula is C24H18N2O4. The van der Waals surface area contributed by atoms with Crippen LogP contribution >= 0.6 is 0 Å². The van der Waals surface area contributed by atoms with Gasteiger partial charge in [0.05, 0.1) is 11.1 Å². The Morgan fingerprint density at radius 3 is 2.47 bits per heavy atom. The number of amides is 1. The number of carboxylic acids is 1. The zero-order chi connectivity index (χ0) is 20.9. The van der Waals surface area contributed by atoms with E-state index in [1.54, 1.807) is 30.5 Å². The Morgan fingerprint density at radius 1 is 0.867 bits per heavy atom. The minimum Gasteiger partial charge on any atom is -0.478 e. The van der Waals surface area contributed by atoms with Crippen LogP contribution in [0.2, 0.25) is 0 Å². The van der Waals surface area contributed by atoms with Crippen LogP contribution in [0.25, 0.3) is 10.9 Å². The first-order valence-corrected chi connectivity index (χ1v) is 9.32. The first kappa shape index (κ1) is 19.1. The summed E-state index contributed by atoms with van der Waals surface area (Å²) < 4.78 is 5.78. The fourth-order valence-electron chi connectivity index (χ4n) is 3.02. The number of ether oxygens (including phenoxy) is 1. The predicted octanol–water partition coefficient (Wildman–Crippen LogP) is 4.66. The highest BCUT2D eigenvalue weighted by molar-refractivity contribution is 5.97. The summed E-state index contributed by atoms with van der Waals surface area (Å²) >= 11 is 0. The Kier molecular flexibility index (Phi) is 5.39. The van der Waals surface area contributed by atoms with E-state index in [1.165, 1.54) is 12.1 Å². The molecule has 0 radical (unpaired) electrons. The maximum atomic E-state index is 12.5. The van der Waals surface area contributed by atoms with Crippen molar-refractivity contribution in [1.82, 2.24) is 10.3 Å². The number of carbonyl (C=O) groups excluding carboxylic acids is 1. The number of fused-ring (bicyclic) bond motifs is 1. The average molecular weight is 398 g/mol. The van der Waals surface area contributed by atoms with Gasteiger partial charge in [-0.05, 0) is 66.2 Å². The summed E-state index contributed by atoms with van der Waals surface area (Å²) in [5.41, 5.74) is 2.49. The van der Waals surface area contributed by atoms with Gasteiger partial charge in [-0.1, -0.05) is 18.2 Å². The van der Waals surface area contributed by atoms with Gasteiger partial charge in [-0.2, -0.15) is 0 Å². The molecule has 6 heteroatoms. The molecule has 0 saturated carbocycles. The van der Waals surface area contributed by atoms with E-state index in [4.69, 9.17) is 9.84 Å². The minimum atomic E-state index is -0.984. The van der Waals surface area contributed by atoms with Crippen molar-refractivity contribution in [3.63, 3.8) is 0 Å². The van der Waals surface area contributed by atoms with E-state index in [9.17, 15) is 9.59 Å². The van der Waals surface area contributed by atoms with Crippen LogP contribution < -0.4 is 10.1 Å². The van der Waals surface area contributed by atoms with Crippen LogP contribution in [0.5, 0.6) is 11.5 Å².